The Hall–Kier alpha value is -4.16. The third kappa shape index (κ3) is 4.71. The number of hydrogen-bond acceptors (Lipinski definition) is 6. The van der Waals surface area contributed by atoms with Gasteiger partial charge in [0.25, 0.3) is 0 Å². The van der Waals surface area contributed by atoms with Gasteiger partial charge in [0.15, 0.2) is 17.2 Å². The predicted octanol–water partition coefficient (Wildman–Crippen LogP) is 2.85. The van der Waals surface area contributed by atoms with Gasteiger partial charge in [-0.2, -0.15) is 10.1 Å². The molecular formula is C18H13F4N7O2. The predicted molar refractivity (Wildman–Crippen MR) is 100 cm³/mol. The highest BCUT2D eigenvalue weighted by atomic mass is 19.4. The third-order valence-corrected chi connectivity index (χ3v) is 4.07. The number of carbonyl (C=O) groups is 1. The van der Waals surface area contributed by atoms with Crippen LogP contribution in [0.4, 0.5) is 29.2 Å². The van der Waals surface area contributed by atoms with Crippen LogP contribution in [0, 0.1) is 5.82 Å². The molecule has 0 aliphatic rings. The van der Waals surface area contributed by atoms with E-state index in [0.717, 1.165) is 23.8 Å². The number of anilines is 2. The van der Waals surface area contributed by atoms with Gasteiger partial charge in [-0.1, -0.05) is 0 Å². The average molecular weight is 435 g/mol. The molecule has 9 nitrogen and oxygen atoms in total. The molecule has 0 radical (unpaired) electrons. The second kappa shape index (κ2) is 7.59. The van der Waals surface area contributed by atoms with Gasteiger partial charge in [0, 0.05) is 29.7 Å². The van der Waals surface area contributed by atoms with E-state index in [-0.39, 0.29) is 18.2 Å². The Bertz CT molecular complexity index is 1270. The zero-order valence-electron chi connectivity index (χ0n) is 15.5. The van der Waals surface area contributed by atoms with E-state index in [1.54, 1.807) is 30.7 Å². The van der Waals surface area contributed by atoms with E-state index in [2.05, 4.69) is 25.2 Å². The maximum atomic E-state index is 13.7. The van der Waals surface area contributed by atoms with Crippen molar-refractivity contribution in [1.82, 2.24) is 24.4 Å². The van der Waals surface area contributed by atoms with Gasteiger partial charge in [0.1, 0.15) is 6.54 Å². The molecule has 4 aromatic rings. The quantitative estimate of drug-likeness (QED) is 0.466. The van der Waals surface area contributed by atoms with Gasteiger partial charge in [0.05, 0.1) is 6.20 Å². The van der Waals surface area contributed by atoms with E-state index < -0.39 is 23.8 Å². The van der Waals surface area contributed by atoms with E-state index in [1.165, 1.54) is 9.20 Å². The Morgan fingerprint density at radius 2 is 2.00 bits per heavy atom. The number of nitrogen functional groups attached to an aromatic ring is 1. The number of pyridine rings is 1. The third-order valence-electron chi connectivity index (χ3n) is 4.07. The van der Waals surface area contributed by atoms with Crippen LogP contribution < -0.4 is 15.8 Å². The number of fused-ring (bicyclic) bond motifs is 1. The summed E-state index contributed by atoms with van der Waals surface area (Å²) in [6.07, 6.45) is -0.179. The largest absolute Gasteiger partial charge is 0.573 e. The molecule has 31 heavy (non-hydrogen) atoms. The molecule has 1 amide bonds. The smallest absolute Gasteiger partial charge is 0.403 e. The molecule has 160 valence electrons. The Morgan fingerprint density at radius 3 is 2.74 bits per heavy atom. The van der Waals surface area contributed by atoms with Gasteiger partial charge in [-0.25, -0.2) is 8.91 Å². The van der Waals surface area contributed by atoms with Gasteiger partial charge >= 0.3 is 6.36 Å². The van der Waals surface area contributed by atoms with Crippen LogP contribution in [0.1, 0.15) is 0 Å². The van der Waals surface area contributed by atoms with E-state index in [1.807, 2.05) is 0 Å². The number of amides is 1. The van der Waals surface area contributed by atoms with Crippen molar-refractivity contribution in [2.75, 3.05) is 11.1 Å². The number of benzene rings is 1. The van der Waals surface area contributed by atoms with Gasteiger partial charge in [-0.05, 0) is 29.8 Å². The molecule has 1 aromatic carbocycles. The lowest BCUT2D eigenvalue weighted by Crippen LogP contribution is -2.20. The maximum Gasteiger partial charge on any atom is 0.573 e. The summed E-state index contributed by atoms with van der Waals surface area (Å²) in [6.45, 7) is -0.206. The normalized spacial score (nSPS) is 11.6. The van der Waals surface area contributed by atoms with Crippen LogP contribution >= 0.6 is 0 Å². The minimum absolute atomic E-state index is 0.0285. The van der Waals surface area contributed by atoms with Crippen LogP contribution in [0.3, 0.4) is 0 Å². The molecule has 0 saturated carbocycles. The van der Waals surface area contributed by atoms with Crippen molar-refractivity contribution in [3.63, 3.8) is 0 Å². The fourth-order valence-corrected chi connectivity index (χ4v) is 2.81. The highest BCUT2D eigenvalue weighted by Gasteiger charge is 2.32. The molecule has 3 aromatic heterocycles. The SMILES string of the molecule is Nc1nc2cc(-c3cnn(CC(=O)Nc4ccc(OC(F)(F)F)c(F)c4)c3)ccn2n1. The number of hydrogen-bond donors (Lipinski definition) is 2. The van der Waals surface area contributed by atoms with Crippen LogP contribution in [0.25, 0.3) is 16.8 Å². The monoisotopic (exact) mass is 435 g/mol. The Morgan fingerprint density at radius 1 is 1.19 bits per heavy atom. The Kier molecular flexibility index (Phi) is 4.93. The van der Waals surface area contributed by atoms with Crippen molar-refractivity contribution >= 4 is 23.2 Å². The number of halogens is 4. The topological polar surface area (TPSA) is 112 Å². The van der Waals surface area contributed by atoms with E-state index in [4.69, 9.17) is 5.73 Å². The molecule has 0 aliphatic carbocycles. The second-order valence-corrected chi connectivity index (χ2v) is 6.36. The van der Waals surface area contributed by atoms with Gasteiger partial charge in [-0.15, -0.1) is 18.3 Å². The molecule has 0 fully saturated rings. The Balaban J connectivity index is 1.42. The van der Waals surface area contributed by atoms with E-state index >= 15 is 0 Å². The zero-order valence-corrected chi connectivity index (χ0v) is 15.5. The molecule has 3 heterocycles. The molecular weight excluding hydrogens is 422 g/mol. The number of nitrogens with one attached hydrogen (secondary N) is 1. The first-order valence-electron chi connectivity index (χ1n) is 8.66. The van der Waals surface area contributed by atoms with Crippen LogP contribution in [0.15, 0.2) is 48.9 Å². The highest BCUT2D eigenvalue weighted by Crippen LogP contribution is 2.27. The molecule has 4 rings (SSSR count). The van der Waals surface area contributed by atoms with Crippen molar-refractivity contribution in [1.29, 1.82) is 0 Å². The standard InChI is InChI=1S/C18H13F4N7O2/c19-13-6-12(1-2-14(13)31-18(20,21)22)25-16(30)9-28-8-11(7-24-28)10-3-4-29-15(5-10)26-17(23)27-29/h1-8H,9H2,(H2,23,27)(H,25,30). The summed E-state index contributed by atoms with van der Waals surface area (Å²) in [5.41, 5.74) is 7.55. The lowest BCUT2D eigenvalue weighted by Gasteiger charge is -2.11. The fourth-order valence-electron chi connectivity index (χ4n) is 2.81. The number of ether oxygens (including phenoxy) is 1. The van der Waals surface area contributed by atoms with E-state index in [9.17, 15) is 22.4 Å². The van der Waals surface area contributed by atoms with Gasteiger partial charge < -0.3 is 15.8 Å². The zero-order chi connectivity index (χ0) is 22.2. The number of aromatic nitrogens is 5. The molecule has 13 heteroatoms. The van der Waals surface area contributed by atoms with Crippen LogP contribution in [0.5, 0.6) is 5.75 Å². The van der Waals surface area contributed by atoms with E-state index in [0.29, 0.717) is 11.2 Å². The maximum absolute atomic E-state index is 13.7. The second-order valence-electron chi connectivity index (χ2n) is 6.36. The summed E-state index contributed by atoms with van der Waals surface area (Å²) in [5, 5.41) is 10.5. The summed E-state index contributed by atoms with van der Waals surface area (Å²) in [7, 11) is 0. The summed E-state index contributed by atoms with van der Waals surface area (Å²) < 4.78 is 56.7. The lowest BCUT2D eigenvalue weighted by molar-refractivity contribution is -0.275. The molecule has 0 saturated heterocycles. The molecule has 3 N–H and O–H groups in total. The minimum Gasteiger partial charge on any atom is -0.403 e. The minimum atomic E-state index is -5.02. The molecule has 0 spiro atoms. The number of nitrogens with zero attached hydrogens (tertiary/aromatic N) is 5. The first kappa shape index (κ1) is 20.1. The van der Waals surface area contributed by atoms with Crippen molar-refractivity contribution in [2.24, 2.45) is 0 Å². The van der Waals surface area contributed by atoms with Crippen molar-refractivity contribution in [3.05, 3.63) is 54.7 Å². The summed E-state index contributed by atoms with van der Waals surface area (Å²) >= 11 is 0. The number of nitrogens with two attached hydrogens (primary N) is 1. The first-order valence-corrected chi connectivity index (χ1v) is 8.66. The van der Waals surface area contributed by atoms with Crippen molar-refractivity contribution in [2.45, 2.75) is 12.9 Å². The molecule has 0 unspecified atom stereocenters. The molecule has 0 atom stereocenters. The van der Waals surface area contributed by atoms with Crippen molar-refractivity contribution in [3.8, 4) is 16.9 Å². The van der Waals surface area contributed by atoms with Gasteiger partial charge in [0.2, 0.25) is 11.9 Å². The molecule has 0 aliphatic heterocycles. The number of alkyl halides is 3. The summed E-state index contributed by atoms with van der Waals surface area (Å²) in [6, 6.07) is 6.12. The van der Waals surface area contributed by atoms with Crippen LogP contribution in [0.2, 0.25) is 0 Å². The highest BCUT2D eigenvalue weighted by molar-refractivity contribution is 5.90. The summed E-state index contributed by atoms with van der Waals surface area (Å²) in [5.74, 6) is -2.67. The van der Waals surface area contributed by atoms with Crippen LogP contribution in [-0.2, 0) is 11.3 Å². The van der Waals surface area contributed by atoms with Crippen LogP contribution in [-0.4, -0.2) is 36.6 Å². The lowest BCUT2D eigenvalue weighted by atomic mass is 10.1. The van der Waals surface area contributed by atoms with Crippen molar-refractivity contribution < 1.29 is 27.1 Å². The number of rotatable bonds is 5. The first-order chi connectivity index (χ1) is 14.7. The van der Waals surface area contributed by atoms with Gasteiger partial charge in [-0.3, -0.25) is 9.48 Å². The summed E-state index contributed by atoms with van der Waals surface area (Å²) in [4.78, 5) is 16.3. The Labute approximate surface area is 171 Å². The average Bonchev–Trinajstić information content (AvgIpc) is 3.27. The fraction of sp³-hybridized carbons (Fsp3) is 0.111. The number of carbonyl (C=O) groups excluding carboxylic acids is 1. The molecule has 0 bridgehead atoms.